The van der Waals surface area contributed by atoms with E-state index in [0.717, 1.165) is 5.56 Å². The average Bonchev–Trinajstić information content (AvgIpc) is 2.39. The second-order valence-electron chi connectivity index (χ2n) is 3.43. The van der Waals surface area contributed by atoms with Crippen molar-refractivity contribution in [3.05, 3.63) is 53.7 Å². The lowest BCUT2D eigenvalue weighted by Gasteiger charge is -2.01. The molecule has 0 aliphatic rings. The molecular formula is C13H8N2O2. The Morgan fingerprint density at radius 2 is 1.88 bits per heavy atom. The van der Waals surface area contributed by atoms with Gasteiger partial charge in [0, 0.05) is 11.8 Å². The summed E-state index contributed by atoms with van der Waals surface area (Å²) in [7, 11) is 0. The van der Waals surface area contributed by atoms with Gasteiger partial charge in [0.15, 0.2) is 0 Å². The van der Waals surface area contributed by atoms with Gasteiger partial charge >= 0.3 is 5.97 Å². The molecule has 2 aromatic rings. The highest BCUT2D eigenvalue weighted by molar-refractivity contribution is 5.87. The van der Waals surface area contributed by atoms with Crippen molar-refractivity contribution in [2.75, 3.05) is 0 Å². The van der Waals surface area contributed by atoms with Crippen molar-refractivity contribution in [2.45, 2.75) is 0 Å². The predicted octanol–water partition coefficient (Wildman–Crippen LogP) is 2.32. The summed E-state index contributed by atoms with van der Waals surface area (Å²) in [5, 5.41) is 17.4. The van der Waals surface area contributed by atoms with Crippen molar-refractivity contribution in [1.82, 2.24) is 4.98 Å². The molecule has 4 nitrogen and oxygen atoms in total. The van der Waals surface area contributed by atoms with Crippen LogP contribution in [-0.2, 0) is 0 Å². The molecule has 0 amide bonds. The number of benzene rings is 1. The van der Waals surface area contributed by atoms with Crippen LogP contribution in [0.5, 0.6) is 0 Å². The van der Waals surface area contributed by atoms with Crippen LogP contribution in [0.3, 0.4) is 0 Å². The molecule has 0 bridgehead atoms. The maximum absolute atomic E-state index is 10.7. The zero-order chi connectivity index (χ0) is 12.3. The first-order chi connectivity index (χ1) is 8.20. The molecule has 0 radical (unpaired) electrons. The first-order valence-electron chi connectivity index (χ1n) is 4.90. The Balaban J connectivity index is 2.33. The molecule has 17 heavy (non-hydrogen) atoms. The fourth-order valence-electron chi connectivity index (χ4n) is 1.41. The van der Waals surface area contributed by atoms with E-state index in [1.165, 1.54) is 12.3 Å². The van der Waals surface area contributed by atoms with Gasteiger partial charge in [0.2, 0.25) is 0 Å². The smallest absolute Gasteiger partial charge is 0.337 e. The molecule has 1 heterocycles. The molecule has 0 aliphatic heterocycles. The largest absolute Gasteiger partial charge is 0.478 e. The Hall–Kier alpha value is -2.67. The molecule has 82 valence electrons. The van der Waals surface area contributed by atoms with E-state index in [1.54, 1.807) is 30.3 Å². The van der Waals surface area contributed by atoms with Crippen molar-refractivity contribution < 1.29 is 9.90 Å². The number of pyridine rings is 1. The van der Waals surface area contributed by atoms with E-state index in [-0.39, 0.29) is 5.56 Å². The van der Waals surface area contributed by atoms with E-state index in [9.17, 15) is 4.79 Å². The van der Waals surface area contributed by atoms with Gasteiger partial charge in [0.25, 0.3) is 0 Å². The SMILES string of the molecule is N#Cc1ccc(-c2ccc(C(=O)O)cn2)cc1. The number of carboxylic acid groups (broad SMARTS) is 1. The monoisotopic (exact) mass is 224 g/mol. The second kappa shape index (κ2) is 4.45. The fraction of sp³-hybridized carbons (Fsp3) is 0. The fourth-order valence-corrected chi connectivity index (χ4v) is 1.41. The molecule has 0 saturated carbocycles. The van der Waals surface area contributed by atoms with Crippen LogP contribution in [0, 0.1) is 11.3 Å². The molecule has 0 atom stereocenters. The molecular weight excluding hydrogens is 216 g/mol. The topological polar surface area (TPSA) is 74.0 Å². The van der Waals surface area contributed by atoms with E-state index in [0.29, 0.717) is 11.3 Å². The summed E-state index contributed by atoms with van der Waals surface area (Å²) >= 11 is 0. The van der Waals surface area contributed by atoms with Crippen molar-refractivity contribution >= 4 is 5.97 Å². The highest BCUT2D eigenvalue weighted by atomic mass is 16.4. The summed E-state index contributed by atoms with van der Waals surface area (Å²) in [5.41, 5.74) is 2.26. The van der Waals surface area contributed by atoms with Gasteiger partial charge in [-0.1, -0.05) is 12.1 Å². The van der Waals surface area contributed by atoms with Gasteiger partial charge in [-0.15, -0.1) is 0 Å². The molecule has 0 unspecified atom stereocenters. The maximum atomic E-state index is 10.7. The van der Waals surface area contributed by atoms with Gasteiger partial charge < -0.3 is 5.11 Å². The molecule has 2 rings (SSSR count). The standard InChI is InChI=1S/C13H8N2O2/c14-7-9-1-3-10(4-2-9)12-6-5-11(8-15-12)13(16)17/h1-6,8H,(H,16,17). The number of hydrogen-bond donors (Lipinski definition) is 1. The summed E-state index contributed by atoms with van der Waals surface area (Å²) in [6, 6.07) is 12.1. The van der Waals surface area contributed by atoms with Crippen LogP contribution in [-0.4, -0.2) is 16.1 Å². The number of carboxylic acids is 1. The molecule has 0 aliphatic carbocycles. The van der Waals surface area contributed by atoms with E-state index < -0.39 is 5.97 Å². The van der Waals surface area contributed by atoms with Crippen LogP contribution in [0.4, 0.5) is 0 Å². The number of aromatic nitrogens is 1. The van der Waals surface area contributed by atoms with Crippen LogP contribution in [0.15, 0.2) is 42.6 Å². The molecule has 0 saturated heterocycles. The van der Waals surface area contributed by atoms with Gasteiger partial charge in [-0.25, -0.2) is 4.79 Å². The van der Waals surface area contributed by atoms with E-state index in [4.69, 9.17) is 10.4 Å². The van der Waals surface area contributed by atoms with Crippen LogP contribution < -0.4 is 0 Å². The minimum atomic E-state index is -0.996. The third kappa shape index (κ3) is 2.29. The average molecular weight is 224 g/mol. The summed E-state index contributed by atoms with van der Waals surface area (Å²) in [6.07, 6.45) is 1.32. The summed E-state index contributed by atoms with van der Waals surface area (Å²) in [5.74, 6) is -0.996. The molecule has 1 aromatic carbocycles. The van der Waals surface area contributed by atoms with Gasteiger partial charge in [-0.3, -0.25) is 4.98 Å². The summed E-state index contributed by atoms with van der Waals surface area (Å²) in [6.45, 7) is 0. The first kappa shape index (κ1) is 10.8. The highest BCUT2D eigenvalue weighted by Gasteiger charge is 2.04. The Morgan fingerprint density at radius 3 is 2.35 bits per heavy atom. The number of hydrogen-bond acceptors (Lipinski definition) is 3. The summed E-state index contributed by atoms with van der Waals surface area (Å²) < 4.78 is 0. The van der Waals surface area contributed by atoms with Gasteiger partial charge in [-0.05, 0) is 24.3 Å². The van der Waals surface area contributed by atoms with Crippen molar-refractivity contribution in [3.63, 3.8) is 0 Å². The lowest BCUT2D eigenvalue weighted by molar-refractivity contribution is 0.0696. The molecule has 1 N–H and O–H groups in total. The highest BCUT2D eigenvalue weighted by Crippen LogP contribution is 2.17. The van der Waals surface area contributed by atoms with E-state index in [2.05, 4.69) is 4.98 Å². The van der Waals surface area contributed by atoms with Gasteiger partial charge in [0.1, 0.15) is 0 Å². The minimum absolute atomic E-state index is 0.155. The Morgan fingerprint density at radius 1 is 1.18 bits per heavy atom. The normalized spacial score (nSPS) is 9.59. The van der Waals surface area contributed by atoms with Crippen molar-refractivity contribution in [1.29, 1.82) is 5.26 Å². The third-order valence-electron chi connectivity index (χ3n) is 2.32. The second-order valence-corrected chi connectivity index (χ2v) is 3.43. The predicted molar refractivity (Wildman–Crippen MR) is 61.3 cm³/mol. The Labute approximate surface area is 97.8 Å². The van der Waals surface area contributed by atoms with Crippen LogP contribution >= 0.6 is 0 Å². The lowest BCUT2D eigenvalue weighted by atomic mass is 10.1. The van der Waals surface area contributed by atoms with Crippen LogP contribution in [0.25, 0.3) is 11.3 Å². The lowest BCUT2D eigenvalue weighted by Crippen LogP contribution is -1.96. The maximum Gasteiger partial charge on any atom is 0.337 e. The molecule has 0 spiro atoms. The zero-order valence-corrected chi connectivity index (χ0v) is 8.79. The number of nitrogens with zero attached hydrogens (tertiary/aromatic N) is 2. The number of carbonyl (C=O) groups is 1. The van der Waals surface area contributed by atoms with Crippen molar-refractivity contribution in [3.8, 4) is 17.3 Å². The minimum Gasteiger partial charge on any atom is -0.478 e. The Kier molecular flexibility index (Phi) is 2.84. The van der Waals surface area contributed by atoms with Crippen molar-refractivity contribution in [2.24, 2.45) is 0 Å². The van der Waals surface area contributed by atoms with E-state index in [1.807, 2.05) is 6.07 Å². The number of nitriles is 1. The molecule has 1 aromatic heterocycles. The third-order valence-corrected chi connectivity index (χ3v) is 2.32. The Bertz CT molecular complexity index is 580. The van der Waals surface area contributed by atoms with Gasteiger partial charge in [-0.2, -0.15) is 5.26 Å². The van der Waals surface area contributed by atoms with Crippen LogP contribution in [0.2, 0.25) is 0 Å². The van der Waals surface area contributed by atoms with E-state index >= 15 is 0 Å². The molecule has 0 fully saturated rings. The van der Waals surface area contributed by atoms with Gasteiger partial charge in [0.05, 0.1) is 22.9 Å². The first-order valence-corrected chi connectivity index (χ1v) is 4.90. The summed E-state index contributed by atoms with van der Waals surface area (Å²) in [4.78, 5) is 14.7. The number of rotatable bonds is 2. The molecule has 4 heteroatoms. The number of aromatic carboxylic acids is 1. The quantitative estimate of drug-likeness (QED) is 0.849. The zero-order valence-electron chi connectivity index (χ0n) is 8.79. The van der Waals surface area contributed by atoms with Crippen LogP contribution in [0.1, 0.15) is 15.9 Å².